The molecule has 82 valence electrons. The summed E-state index contributed by atoms with van der Waals surface area (Å²) in [6.07, 6.45) is 3.18. The predicted octanol–water partition coefficient (Wildman–Crippen LogP) is 1.81. The zero-order valence-electron chi connectivity index (χ0n) is 8.76. The number of nitrogens with zero attached hydrogens (tertiary/aromatic N) is 4. The van der Waals surface area contributed by atoms with Gasteiger partial charge in [-0.1, -0.05) is 6.07 Å². The molecule has 0 aliphatic heterocycles. The number of hydrogen-bond donors (Lipinski definition) is 0. The van der Waals surface area contributed by atoms with E-state index in [1.54, 1.807) is 22.9 Å². The van der Waals surface area contributed by atoms with E-state index >= 15 is 0 Å². The first-order chi connectivity index (χ1) is 8.24. The molecule has 4 nitrogen and oxygen atoms in total. The van der Waals surface area contributed by atoms with Crippen molar-refractivity contribution >= 4 is 0 Å². The summed E-state index contributed by atoms with van der Waals surface area (Å²) in [5.41, 5.74) is 0.749. The predicted molar refractivity (Wildman–Crippen MR) is 57.2 cm³/mol. The molecule has 1 heterocycles. The minimum absolute atomic E-state index is 0.00104. The summed E-state index contributed by atoms with van der Waals surface area (Å²) < 4.78 is 14.7. The van der Waals surface area contributed by atoms with Gasteiger partial charge in [-0.25, -0.2) is 9.37 Å². The summed E-state index contributed by atoms with van der Waals surface area (Å²) in [6, 6.07) is 8.02. The van der Waals surface area contributed by atoms with E-state index in [-0.39, 0.29) is 11.4 Å². The van der Waals surface area contributed by atoms with Crippen LogP contribution in [0.4, 0.5) is 4.39 Å². The van der Waals surface area contributed by atoms with Crippen molar-refractivity contribution in [3.63, 3.8) is 0 Å². The lowest BCUT2D eigenvalue weighted by Crippen LogP contribution is -2.02. The number of nitriles is 2. The van der Waals surface area contributed by atoms with E-state index < -0.39 is 5.82 Å². The molecule has 0 radical (unpaired) electrons. The van der Waals surface area contributed by atoms with Crippen molar-refractivity contribution in [3.8, 4) is 12.1 Å². The van der Waals surface area contributed by atoms with Crippen molar-refractivity contribution in [1.29, 1.82) is 10.5 Å². The Morgan fingerprint density at radius 1 is 1.29 bits per heavy atom. The van der Waals surface area contributed by atoms with E-state index in [0.717, 1.165) is 5.56 Å². The zero-order chi connectivity index (χ0) is 12.3. The first-order valence-corrected chi connectivity index (χ1v) is 4.84. The molecule has 1 aromatic heterocycles. The summed E-state index contributed by atoms with van der Waals surface area (Å²) in [5, 5.41) is 17.5. The molecule has 0 saturated carbocycles. The van der Waals surface area contributed by atoms with Crippen LogP contribution in [0.25, 0.3) is 0 Å². The monoisotopic (exact) mass is 226 g/mol. The third kappa shape index (κ3) is 2.14. The Balaban J connectivity index is 2.32. The molecule has 0 spiro atoms. The molecular weight excluding hydrogens is 219 g/mol. The molecule has 0 N–H and O–H groups in total. The molecule has 0 saturated heterocycles. The Morgan fingerprint density at radius 3 is 2.82 bits per heavy atom. The van der Waals surface area contributed by atoms with E-state index in [1.165, 1.54) is 18.3 Å². The van der Waals surface area contributed by atoms with E-state index in [1.807, 2.05) is 6.07 Å². The highest BCUT2D eigenvalue weighted by molar-refractivity contribution is 5.34. The van der Waals surface area contributed by atoms with Crippen molar-refractivity contribution < 1.29 is 4.39 Å². The molecule has 17 heavy (non-hydrogen) atoms. The largest absolute Gasteiger partial charge is 0.318 e. The second kappa shape index (κ2) is 4.46. The Kier molecular flexibility index (Phi) is 2.85. The van der Waals surface area contributed by atoms with Crippen LogP contribution in [0.3, 0.4) is 0 Å². The van der Waals surface area contributed by atoms with Crippen molar-refractivity contribution in [1.82, 2.24) is 9.55 Å². The van der Waals surface area contributed by atoms with E-state index in [4.69, 9.17) is 10.5 Å². The number of hydrogen-bond acceptors (Lipinski definition) is 3. The van der Waals surface area contributed by atoms with Crippen LogP contribution in [-0.4, -0.2) is 9.55 Å². The van der Waals surface area contributed by atoms with E-state index in [2.05, 4.69) is 4.98 Å². The highest BCUT2D eigenvalue weighted by atomic mass is 19.1. The van der Waals surface area contributed by atoms with Crippen LogP contribution in [0, 0.1) is 28.5 Å². The summed E-state index contributed by atoms with van der Waals surface area (Å²) >= 11 is 0. The minimum Gasteiger partial charge on any atom is -0.318 e. The molecule has 2 rings (SSSR count). The lowest BCUT2D eigenvalue weighted by Gasteiger charge is -2.04. The quantitative estimate of drug-likeness (QED) is 0.784. The van der Waals surface area contributed by atoms with Gasteiger partial charge in [0.2, 0.25) is 5.82 Å². The molecule has 0 atom stereocenters. The van der Waals surface area contributed by atoms with Crippen LogP contribution in [0.1, 0.15) is 17.0 Å². The fourth-order valence-electron chi connectivity index (χ4n) is 1.50. The van der Waals surface area contributed by atoms with Crippen LogP contribution in [0.15, 0.2) is 30.6 Å². The molecule has 2 aromatic rings. The number of aromatic nitrogens is 2. The Morgan fingerprint density at radius 2 is 2.12 bits per heavy atom. The van der Waals surface area contributed by atoms with E-state index in [9.17, 15) is 4.39 Å². The fourth-order valence-corrected chi connectivity index (χ4v) is 1.50. The molecule has 1 aromatic carbocycles. The van der Waals surface area contributed by atoms with Crippen molar-refractivity contribution in [3.05, 3.63) is 53.4 Å². The maximum absolute atomic E-state index is 13.1. The second-order valence-corrected chi connectivity index (χ2v) is 3.42. The van der Waals surface area contributed by atoms with Gasteiger partial charge in [0.1, 0.15) is 18.0 Å². The average Bonchev–Trinajstić information content (AvgIpc) is 2.79. The summed E-state index contributed by atoms with van der Waals surface area (Å²) in [5.74, 6) is -0.254. The summed E-state index contributed by atoms with van der Waals surface area (Å²) in [4.78, 5) is 3.85. The maximum atomic E-state index is 13.1. The van der Waals surface area contributed by atoms with Gasteiger partial charge in [0.05, 0.1) is 5.56 Å². The van der Waals surface area contributed by atoms with Crippen LogP contribution in [0.2, 0.25) is 0 Å². The molecular formula is C12H7FN4. The molecule has 0 fully saturated rings. The first kappa shape index (κ1) is 10.8. The lowest BCUT2D eigenvalue weighted by atomic mass is 10.1. The van der Waals surface area contributed by atoms with Crippen molar-refractivity contribution in [2.75, 3.05) is 0 Å². The van der Waals surface area contributed by atoms with Gasteiger partial charge in [-0.3, -0.25) is 0 Å². The zero-order valence-corrected chi connectivity index (χ0v) is 8.76. The normalized spacial score (nSPS) is 9.59. The van der Waals surface area contributed by atoms with Gasteiger partial charge in [-0.2, -0.15) is 10.5 Å². The molecule has 0 aliphatic carbocycles. The van der Waals surface area contributed by atoms with Gasteiger partial charge in [0.25, 0.3) is 0 Å². The molecule has 0 aliphatic rings. The Labute approximate surface area is 97.2 Å². The van der Waals surface area contributed by atoms with Crippen LogP contribution in [0.5, 0.6) is 0 Å². The van der Waals surface area contributed by atoms with Gasteiger partial charge in [0.15, 0.2) is 0 Å². The van der Waals surface area contributed by atoms with Gasteiger partial charge in [-0.05, 0) is 17.7 Å². The third-order valence-corrected chi connectivity index (χ3v) is 2.32. The number of halogens is 1. The van der Waals surface area contributed by atoms with Crippen molar-refractivity contribution in [2.24, 2.45) is 0 Å². The first-order valence-electron chi connectivity index (χ1n) is 4.84. The number of rotatable bonds is 2. The van der Waals surface area contributed by atoms with Crippen LogP contribution in [-0.2, 0) is 6.54 Å². The lowest BCUT2D eigenvalue weighted by molar-refractivity contribution is 0.622. The smallest absolute Gasteiger partial charge is 0.213 e. The van der Waals surface area contributed by atoms with Gasteiger partial charge in [-0.15, -0.1) is 0 Å². The molecule has 0 amide bonds. The Bertz CT molecular complexity index is 631. The van der Waals surface area contributed by atoms with Crippen LogP contribution >= 0.6 is 0 Å². The molecule has 0 bridgehead atoms. The van der Waals surface area contributed by atoms with Gasteiger partial charge >= 0.3 is 0 Å². The number of imidazole rings is 1. The standard InChI is InChI=1S/C12H7FN4/c13-11-2-1-9(5-10(11)6-14)8-17-4-3-16-12(17)7-15/h1-5H,8H2. The SMILES string of the molecule is N#Cc1cc(Cn2ccnc2C#N)ccc1F. The second-order valence-electron chi connectivity index (χ2n) is 3.42. The van der Waals surface area contributed by atoms with E-state index in [0.29, 0.717) is 6.54 Å². The average molecular weight is 226 g/mol. The topological polar surface area (TPSA) is 65.4 Å². The Hall–Kier alpha value is -2.66. The van der Waals surface area contributed by atoms with Gasteiger partial charge < -0.3 is 4.57 Å². The highest BCUT2D eigenvalue weighted by Crippen LogP contribution is 2.11. The van der Waals surface area contributed by atoms with Crippen LogP contribution < -0.4 is 0 Å². The fraction of sp³-hybridized carbons (Fsp3) is 0.0833. The maximum Gasteiger partial charge on any atom is 0.213 e. The van der Waals surface area contributed by atoms with Gasteiger partial charge in [0, 0.05) is 18.9 Å². The molecule has 0 unspecified atom stereocenters. The molecule has 5 heteroatoms. The third-order valence-electron chi connectivity index (χ3n) is 2.32. The van der Waals surface area contributed by atoms with Crippen molar-refractivity contribution in [2.45, 2.75) is 6.54 Å². The number of benzene rings is 1. The minimum atomic E-state index is -0.539. The highest BCUT2D eigenvalue weighted by Gasteiger charge is 2.05. The summed E-state index contributed by atoms with van der Waals surface area (Å²) in [6.45, 7) is 0.387. The summed E-state index contributed by atoms with van der Waals surface area (Å²) in [7, 11) is 0.